The van der Waals surface area contributed by atoms with E-state index >= 15 is 0 Å². The molecular formula is C9H10BrNO3. The molecule has 0 spiro atoms. The molecule has 2 rings (SSSR count). The molecular weight excluding hydrogens is 250 g/mol. The van der Waals surface area contributed by atoms with Crippen LogP contribution in [-0.2, 0) is 0 Å². The number of halogens is 1. The molecule has 14 heavy (non-hydrogen) atoms. The Balaban J connectivity index is 2.28. The first-order valence-corrected chi connectivity index (χ1v) is 5.25. The molecule has 76 valence electrons. The summed E-state index contributed by atoms with van der Waals surface area (Å²) in [7, 11) is 0. The van der Waals surface area contributed by atoms with Crippen molar-refractivity contribution in [1.82, 2.24) is 0 Å². The molecule has 0 saturated carbocycles. The smallest absolute Gasteiger partial charge is 0.371 e. The zero-order valence-electron chi connectivity index (χ0n) is 7.49. The summed E-state index contributed by atoms with van der Waals surface area (Å²) in [5.41, 5.74) is 0. The Morgan fingerprint density at radius 2 is 2.14 bits per heavy atom. The van der Waals surface area contributed by atoms with Gasteiger partial charge < -0.3 is 14.4 Å². The number of carboxylic acid groups (broad SMARTS) is 1. The molecule has 0 atom stereocenters. The first-order valence-electron chi connectivity index (χ1n) is 4.46. The van der Waals surface area contributed by atoms with Gasteiger partial charge in [-0.05, 0) is 28.8 Å². The third-order valence-corrected chi connectivity index (χ3v) is 2.84. The fourth-order valence-corrected chi connectivity index (χ4v) is 2.14. The van der Waals surface area contributed by atoms with Crippen LogP contribution in [-0.4, -0.2) is 24.2 Å². The van der Waals surface area contributed by atoms with Crippen LogP contribution < -0.4 is 4.90 Å². The number of hydrogen-bond donors (Lipinski definition) is 1. The maximum absolute atomic E-state index is 10.6. The van der Waals surface area contributed by atoms with Crippen LogP contribution in [0.2, 0.25) is 0 Å². The lowest BCUT2D eigenvalue weighted by Crippen LogP contribution is -2.17. The van der Waals surface area contributed by atoms with Crippen LogP contribution in [0, 0.1) is 0 Å². The van der Waals surface area contributed by atoms with Crippen LogP contribution in [0.25, 0.3) is 0 Å². The second-order valence-corrected chi connectivity index (χ2v) is 4.12. The fraction of sp³-hybridized carbons (Fsp3) is 0.444. The van der Waals surface area contributed by atoms with Crippen LogP contribution in [0.15, 0.2) is 15.0 Å². The van der Waals surface area contributed by atoms with E-state index in [4.69, 9.17) is 9.52 Å². The van der Waals surface area contributed by atoms with E-state index in [9.17, 15) is 4.79 Å². The average molecular weight is 260 g/mol. The summed E-state index contributed by atoms with van der Waals surface area (Å²) < 4.78 is 5.96. The maximum Gasteiger partial charge on any atom is 0.371 e. The second kappa shape index (κ2) is 3.65. The van der Waals surface area contributed by atoms with E-state index in [-0.39, 0.29) is 5.76 Å². The summed E-state index contributed by atoms with van der Waals surface area (Å²) in [6.45, 7) is 1.87. The molecule has 1 aromatic heterocycles. The number of carboxylic acids is 1. The molecule has 0 aliphatic carbocycles. The number of carbonyl (C=O) groups is 1. The Kier molecular flexibility index (Phi) is 2.50. The second-order valence-electron chi connectivity index (χ2n) is 3.26. The van der Waals surface area contributed by atoms with E-state index in [1.54, 1.807) is 0 Å². The number of anilines is 1. The van der Waals surface area contributed by atoms with Crippen molar-refractivity contribution in [3.05, 3.63) is 16.3 Å². The Morgan fingerprint density at radius 3 is 2.64 bits per heavy atom. The topological polar surface area (TPSA) is 53.7 Å². The quantitative estimate of drug-likeness (QED) is 0.886. The highest BCUT2D eigenvalue weighted by Crippen LogP contribution is 2.32. The summed E-state index contributed by atoms with van der Waals surface area (Å²) in [6.07, 6.45) is 2.27. The van der Waals surface area contributed by atoms with Gasteiger partial charge in [-0.25, -0.2) is 4.79 Å². The number of aromatic carboxylic acids is 1. The lowest BCUT2D eigenvalue weighted by molar-refractivity contribution is 0.0663. The van der Waals surface area contributed by atoms with E-state index in [2.05, 4.69) is 20.8 Å². The van der Waals surface area contributed by atoms with Gasteiger partial charge in [0.05, 0.1) is 4.47 Å². The molecule has 1 aliphatic rings. The summed E-state index contributed by atoms with van der Waals surface area (Å²) in [5, 5.41) is 8.73. The van der Waals surface area contributed by atoms with E-state index in [1.807, 2.05) is 0 Å². The zero-order valence-corrected chi connectivity index (χ0v) is 9.08. The highest BCUT2D eigenvalue weighted by molar-refractivity contribution is 9.10. The van der Waals surface area contributed by atoms with Crippen molar-refractivity contribution >= 4 is 27.8 Å². The molecule has 1 fully saturated rings. The molecule has 0 radical (unpaired) electrons. The van der Waals surface area contributed by atoms with Crippen LogP contribution >= 0.6 is 15.9 Å². The standard InChI is InChI=1S/C9H10BrNO3/c10-6-5-7(9(12)13)14-8(6)11-3-1-2-4-11/h5H,1-4H2,(H,12,13). The highest BCUT2D eigenvalue weighted by Gasteiger charge is 2.21. The molecule has 1 aromatic rings. The lowest BCUT2D eigenvalue weighted by atomic mass is 10.4. The lowest BCUT2D eigenvalue weighted by Gasteiger charge is -2.13. The monoisotopic (exact) mass is 259 g/mol. The summed E-state index contributed by atoms with van der Waals surface area (Å²) in [4.78, 5) is 12.7. The molecule has 1 saturated heterocycles. The minimum absolute atomic E-state index is 0.0150. The van der Waals surface area contributed by atoms with E-state index in [0.717, 1.165) is 30.4 Å². The Hall–Kier alpha value is -0.970. The first kappa shape index (κ1) is 9.58. The Morgan fingerprint density at radius 1 is 1.50 bits per heavy atom. The SMILES string of the molecule is O=C(O)c1cc(Br)c(N2CCCC2)o1. The largest absolute Gasteiger partial charge is 0.475 e. The van der Waals surface area contributed by atoms with Crippen molar-refractivity contribution in [3.8, 4) is 0 Å². The van der Waals surface area contributed by atoms with Crippen LogP contribution in [0.5, 0.6) is 0 Å². The fourth-order valence-electron chi connectivity index (χ4n) is 1.60. The van der Waals surface area contributed by atoms with Gasteiger partial charge in [0.2, 0.25) is 11.6 Å². The molecule has 2 heterocycles. The van der Waals surface area contributed by atoms with Gasteiger partial charge in [0, 0.05) is 19.2 Å². The first-order chi connectivity index (χ1) is 6.68. The average Bonchev–Trinajstić information content (AvgIpc) is 2.71. The van der Waals surface area contributed by atoms with Crippen LogP contribution in [0.4, 0.5) is 5.88 Å². The van der Waals surface area contributed by atoms with Crippen molar-refractivity contribution in [2.45, 2.75) is 12.8 Å². The van der Waals surface area contributed by atoms with Gasteiger partial charge >= 0.3 is 5.97 Å². The van der Waals surface area contributed by atoms with Crippen molar-refractivity contribution in [3.63, 3.8) is 0 Å². The summed E-state index contributed by atoms with van der Waals surface area (Å²) >= 11 is 3.30. The minimum Gasteiger partial charge on any atom is -0.475 e. The van der Waals surface area contributed by atoms with E-state index in [1.165, 1.54) is 6.07 Å². The zero-order chi connectivity index (χ0) is 10.1. The van der Waals surface area contributed by atoms with Gasteiger partial charge in [-0.15, -0.1) is 0 Å². The number of hydrogen-bond acceptors (Lipinski definition) is 3. The van der Waals surface area contributed by atoms with Crippen LogP contribution in [0.3, 0.4) is 0 Å². The van der Waals surface area contributed by atoms with Crippen molar-refractivity contribution in [1.29, 1.82) is 0 Å². The molecule has 5 heteroatoms. The molecule has 1 N–H and O–H groups in total. The van der Waals surface area contributed by atoms with Crippen LogP contribution in [0.1, 0.15) is 23.4 Å². The summed E-state index contributed by atoms with van der Waals surface area (Å²) in [6, 6.07) is 1.50. The summed E-state index contributed by atoms with van der Waals surface area (Å²) in [5.74, 6) is -0.408. The van der Waals surface area contributed by atoms with Gasteiger partial charge in [0.15, 0.2) is 0 Å². The van der Waals surface area contributed by atoms with Gasteiger partial charge in [-0.3, -0.25) is 0 Å². The third kappa shape index (κ3) is 1.64. The normalized spacial score (nSPS) is 16.2. The Labute approximate surface area is 89.6 Å². The van der Waals surface area contributed by atoms with Gasteiger partial charge in [0.25, 0.3) is 0 Å². The predicted molar refractivity (Wildman–Crippen MR) is 54.8 cm³/mol. The maximum atomic E-state index is 10.6. The molecule has 0 aromatic carbocycles. The highest BCUT2D eigenvalue weighted by atomic mass is 79.9. The number of rotatable bonds is 2. The van der Waals surface area contributed by atoms with Crippen molar-refractivity contribution in [2.75, 3.05) is 18.0 Å². The molecule has 0 unspecified atom stereocenters. The number of nitrogens with zero attached hydrogens (tertiary/aromatic N) is 1. The number of furan rings is 1. The van der Waals surface area contributed by atoms with Crippen molar-refractivity contribution < 1.29 is 14.3 Å². The van der Waals surface area contributed by atoms with Gasteiger partial charge in [-0.1, -0.05) is 0 Å². The van der Waals surface area contributed by atoms with Gasteiger partial charge in [0.1, 0.15) is 0 Å². The molecule has 1 aliphatic heterocycles. The molecule has 0 bridgehead atoms. The minimum atomic E-state index is -1.03. The molecule has 0 amide bonds. The van der Waals surface area contributed by atoms with Gasteiger partial charge in [-0.2, -0.15) is 0 Å². The molecule has 4 nitrogen and oxygen atoms in total. The van der Waals surface area contributed by atoms with E-state index < -0.39 is 5.97 Å². The van der Waals surface area contributed by atoms with E-state index in [0.29, 0.717) is 5.88 Å². The predicted octanol–water partition coefficient (Wildman–Crippen LogP) is 2.34. The third-order valence-electron chi connectivity index (χ3n) is 2.27. The Bertz CT molecular complexity index is 355. The van der Waals surface area contributed by atoms with Crippen molar-refractivity contribution in [2.24, 2.45) is 0 Å².